The second kappa shape index (κ2) is 7.54. The molecular weight excluding hydrogens is 291 g/mol. The number of hydrogen-bond acceptors (Lipinski definition) is 3. The zero-order valence-electron chi connectivity index (χ0n) is 10.9. The van der Waals surface area contributed by atoms with Crippen molar-refractivity contribution in [1.29, 1.82) is 0 Å². The summed E-state index contributed by atoms with van der Waals surface area (Å²) in [5, 5.41) is 11.7. The van der Waals surface area contributed by atoms with Crippen LogP contribution in [0.15, 0.2) is 24.3 Å². The lowest BCUT2D eigenvalue weighted by Crippen LogP contribution is -2.37. The fraction of sp³-hybridized carbons (Fsp3) is 0.462. The third-order valence-electron chi connectivity index (χ3n) is 2.77. The van der Waals surface area contributed by atoms with Crippen LogP contribution in [0.3, 0.4) is 0 Å². The summed E-state index contributed by atoms with van der Waals surface area (Å²) in [5.74, 6) is -0.422. The Kier molecular flexibility index (Phi) is 6.35. The number of aliphatic carboxylic acids is 1. The van der Waals surface area contributed by atoms with E-state index in [-0.39, 0.29) is 12.1 Å². The van der Waals surface area contributed by atoms with Crippen molar-refractivity contribution in [2.75, 3.05) is 12.0 Å². The second-order valence-corrected chi connectivity index (χ2v) is 5.19. The second-order valence-electron chi connectivity index (χ2n) is 4.21. The lowest BCUT2D eigenvalue weighted by atomic mass is 10.1. The first kappa shape index (κ1) is 16.8. The summed E-state index contributed by atoms with van der Waals surface area (Å²) < 4.78 is 38.4. The van der Waals surface area contributed by atoms with Gasteiger partial charge in [-0.3, -0.25) is 4.79 Å². The van der Waals surface area contributed by atoms with Crippen LogP contribution in [0.25, 0.3) is 0 Å². The predicted molar refractivity (Wildman–Crippen MR) is 72.7 cm³/mol. The Hall–Kier alpha value is -1.21. The van der Waals surface area contributed by atoms with Crippen LogP contribution in [0.4, 0.5) is 13.2 Å². The predicted octanol–water partition coefficient (Wildman–Crippen LogP) is 3.00. The zero-order chi connectivity index (χ0) is 15.2. The van der Waals surface area contributed by atoms with Crippen LogP contribution < -0.4 is 5.32 Å². The lowest BCUT2D eigenvalue weighted by Gasteiger charge is -2.17. The van der Waals surface area contributed by atoms with Crippen molar-refractivity contribution in [3.63, 3.8) is 0 Å². The molecule has 0 aliphatic rings. The Morgan fingerprint density at radius 3 is 2.60 bits per heavy atom. The van der Waals surface area contributed by atoms with Gasteiger partial charge in [-0.2, -0.15) is 24.9 Å². The minimum atomic E-state index is -4.43. The molecule has 1 aromatic rings. The smallest absolute Gasteiger partial charge is 0.416 e. The lowest BCUT2D eigenvalue weighted by molar-refractivity contribution is -0.139. The number of rotatable bonds is 7. The Labute approximate surface area is 119 Å². The molecule has 1 atom stereocenters. The van der Waals surface area contributed by atoms with Gasteiger partial charge in [0, 0.05) is 6.54 Å². The highest BCUT2D eigenvalue weighted by Gasteiger charge is 2.33. The van der Waals surface area contributed by atoms with Gasteiger partial charge in [-0.1, -0.05) is 18.2 Å². The van der Waals surface area contributed by atoms with Gasteiger partial charge in [0.05, 0.1) is 5.56 Å². The van der Waals surface area contributed by atoms with E-state index >= 15 is 0 Å². The van der Waals surface area contributed by atoms with Crippen molar-refractivity contribution >= 4 is 17.7 Å². The van der Waals surface area contributed by atoms with Gasteiger partial charge >= 0.3 is 12.1 Å². The van der Waals surface area contributed by atoms with Crippen LogP contribution in [0.5, 0.6) is 0 Å². The molecule has 0 aliphatic carbocycles. The van der Waals surface area contributed by atoms with Gasteiger partial charge in [0.25, 0.3) is 0 Å². The molecule has 0 bridgehead atoms. The molecule has 1 unspecified atom stereocenters. The number of carbonyl (C=O) groups is 1. The third-order valence-corrected chi connectivity index (χ3v) is 3.41. The molecule has 2 N–H and O–H groups in total. The van der Waals surface area contributed by atoms with E-state index < -0.39 is 23.8 Å². The Balaban J connectivity index is 2.75. The van der Waals surface area contributed by atoms with Gasteiger partial charge in [0.2, 0.25) is 0 Å². The summed E-state index contributed by atoms with van der Waals surface area (Å²) in [5.41, 5.74) is -0.683. The number of carboxylic acid groups (broad SMARTS) is 1. The van der Waals surface area contributed by atoms with E-state index in [0.717, 1.165) is 6.07 Å². The minimum Gasteiger partial charge on any atom is -0.480 e. The van der Waals surface area contributed by atoms with Gasteiger partial charge in [-0.25, -0.2) is 0 Å². The topological polar surface area (TPSA) is 49.3 Å². The molecule has 1 rings (SSSR count). The highest BCUT2D eigenvalue weighted by Crippen LogP contribution is 2.31. The molecular formula is C13H16F3NO2S. The van der Waals surface area contributed by atoms with Crippen molar-refractivity contribution in [1.82, 2.24) is 5.32 Å². The summed E-state index contributed by atoms with van der Waals surface area (Å²) in [7, 11) is 0. The average Bonchev–Trinajstić information content (AvgIpc) is 2.37. The Morgan fingerprint density at radius 2 is 2.05 bits per heavy atom. The number of thioether (sulfide) groups is 1. The fourth-order valence-electron chi connectivity index (χ4n) is 1.73. The average molecular weight is 307 g/mol. The van der Waals surface area contributed by atoms with Gasteiger partial charge < -0.3 is 10.4 Å². The maximum atomic E-state index is 12.8. The van der Waals surface area contributed by atoms with Crippen molar-refractivity contribution in [2.24, 2.45) is 0 Å². The molecule has 0 heterocycles. The van der Waals surface area contributed by atoms with Crippen LogP contribution in [-0.4, -0.2) is 29.1 Å². The van der Waals surface area contributed by atoms with E-state index in [1.54, 1.807) is 0 Å². The van der Waals surface area contributed by atoms with E-state index in [0.29, 0.717) is 12.2 Å². The standard InChI is InChI=1S/C13H16F3NO2S/c1-20-7-6-11(12(18)19)17-8-9-4-2-3-5-10(9)13(14,15)16/h2-5,11,17H,6-8H2,1H3,(H,18,19). The van der Waals surface area contributed by atoms with Crippen LogP contribution in [0.2, 0.25) is 0 Å². The largest absolute Gasteiger partial charge is 0.480 e. The van der Waals surface area contributed by atoms with Gasteiger partial charge in [0.1, 0.15) is 6.04 Å². The number of halogens is 3. The molecule has 0 radical (unpaired) electrons. The molecule has 0 amide bonds. The molecule has 7 heteroatoms. The molecule has 0 aliphatic heterocycles. The zero-order valence-corrected chi connectivity index (χ0v) is 11.7. The molecule has 0 saturated heterocycles. The Bertz CT molecular complexity index is 451. The van der Waals surface area contributed by atoms with E-state index in [9.17, 15) is 18.0 Å². The molecule has 112 valence electrons. The number of hydrogen-bond donors (Lipinski definition) is 2. The highest BCUT2D eigenvalue weighted by atomic mass is 32.2. The van der Waals surface area contributed by atoms with Crippen LogP contribution >= 0.6 is 11.8 Å². The molecule has 1 aromatic carbocycles. The third kappa shape index (κ3) is 5.05. The summed E-state index contributed by atoms with van der Waals surface area (Å²) in [6.45, 7) is -0.124. The molecule has 0 fully saturated rings. The Morgan fingerprint density at radius 1 is 1.40 bits per heavy atom. The summed E-state index contributed by atoms with van der Waals surface area (Å²) in [6.07, 6.45) is -2.22. The monoisotopic (exact) mass is 307 g/mol. The molecule has 0 saturated carbocycles. The van der Waals surface area contributed by atoms with E-state index in [1.165, 1.54) is 30.0 Å². The van der Waals surface area contributed by atoms with E-state index in [4.69, 9.17) is 5.11 Å². The van der Waals surface area contributed by atoms with Crippen LogP contribution in [0, 0.1) is 0 Å². The van der Waals surface area contributed by atoms with Crippen LogP contribution in [-0.2, 0) is 17.5 Å². The summed E-state index contributed by atoms with van der Waals surface area (Å²) in [4.78, 5) is 11.0. The normalized spacial score (nSPS) is 13.2. The van der Waals surface area contributed by atoms with Gasteiger partial charge in [-0.15, -0.1) is 0 Å². The van der Waals surface area contributed by atoms with Gasteiger partial charge in [-0.05, 0) is 30.1 Å². The maximum absolute atomic E-state index is 12.8. The van der Waals surface area contributed by atoms with Crippen molar-refractivity contribution < 1.29 is 23.1 Å². The van der Waals surface area contributed by atoms with Crippen molar-refractivity contribution in [2.45, 2.75) is 25.2 Å². The SMILES string of the molecule is CSCCC(NCc1ccccc1C(F)(F)F)C(=O)O. The molecule has 20 heavy (non-hydrogen) atoms. The highest BCUT2D eigenvalue weighted by molar-refractivity contribution is 7.98. The van der Waals surface area contributed by atoms with Gasteiger partial charge in [0.15, 0.2) is 0 Å². The quantitative estimate of drug-likeness (QED) is 0.813. The molecule has 0 spiro atoms. The molecule has 3 nitrogen and oxygen atoms in total. The van der Waals surface area contributed by atoms with Crippen molar-refractivity contribution in [3.05, 3.63) is 35.4 Å². The number of benzene rings is 1. The number of carboxylic acids is 1. The molecule has 0 aromatic heterocycles. The first-order valence-corrected chi connectivity index (χ1v) is 7.36. The first-order chi connectivity index (χ1) is 9.36. The number of alkyl halides is 3. The fourth-order valence-corrected chi connectivity index (χ4v) is 2.20. The number of nitrogens with one attached hydrogen (secondary N) is 1. The maximum Gasteiger partial charge on any atom is 0.416 e. The van der Waals surface area contributed by atoms with Crippen molar-refractivity contribution in [3.8, 4) is 0 Å². The summed E-state index contributed by atoms with van der Waals surface area (Å²) in [6, 6.07) is 4.32. The summed E-state index contributed by atoms with van der Waals surface area (Å²) >= 11 is 1.49. The van der Waals surface area contributed by atoms with Crippen LogP contribution in [0.1, 0.15) is 17.5 Å². The first-order valence-electron chi connectivity index (χ1n) is 5.96. The van der Waals surface area contributed by atoms with E-state index in [1.807, 2.05) is 6.26 Å². The van der Waals surface area contributed by atoms with E-state index in [2.05, 4.69) is 5.32 Å². The minimum absolute atomic E-state index is 0.0513.